The molecule has 146 valence electrons. The van der Waals surface area contributed by atoms with Crippen molar-refractivity contribution in [2.45, 2.75) is 50.4 Å². The van der Waals surface area contributed by atoms with Gasteiger partial charge < -0.3 is 24.5 Å². The van der Waals surface area contributed by atoms with Crippen molar-refractivity contribution in [3.8, 4) is 0 Å². The van der Waals surface area contributed by atoms with Crippen molar-refractivity contribution >= 4 is 18.7 Å². The Bertz CT molecular complexity index is 692. The molecule has 0 unspecified atom stereocenters. The Hall–Kier alpha value is -1.54. The van der Waals surface area contributed by atoms with Gasteiger partial charge in [-0.25, -0.2) is 0 Å². The van der Waals surface area contributed by atoms with Gasteiger partial charge in [-0.05, 0) is 15.4 Å². The van der Waals surface area contributed by atoms with Gasteiger partial charge in [0.15, 0.2) is 6.29 Å². The molecule has 0 spiro atoms. The van der Waals surface area contributed by atoms with Gasteiger partial charge >= 0.3 is 0 Å². The van der Waals surface area contributed by atoms with Crippen molar-refractivity contribution in [2.75, 3.05) is 6.61 Å². The summed E-state index contributed by atoms with van der Waals surface area (Å²) in [6.07, 6.45) is -4.27. The Balaban J connectivity index is 2.13. The van der Waals surface area contributed by atoms with E-state index in [-0.39, 0.29) is 11.6 Å². The minimum absolute atomic E-state index is 0.277. The number of rotatable bonds is 5. The maximum absolute atomic E-state index is 10.5. The van der Waals surface area contributed by atoms with Crippen molar-refractivity contribution in [1.29, 1.82) is 0 Å². The third-order valence-electron chi connectivity index (χ3n) is 5.21. The highest BCUT2D eigenvalue weighted by atomic mass is 28.4. The number of aliphatic hydroxyl groups is 3. The lowest BCUT2D eigenvalue weighted by atomic mass is 10.1. The van der Waals surface area contributed by atoms with E-state index >= 15 is 0 Å². The molecule has 0 saturated carbocycles. The third kappa shape index (κ3) is 3.61. The Kier molecular flexibility index (Phi) is 5.86. The number of hydrogen-bond donors (Lipinski definition) is 3. The molecule has 1 aliphatic heterocycles. The van der Waals surface area contributed by atoms with Crippen molar-refractivity contribution in [3.05, 3.63) is 60.7 Å². The van der Waals surface area contributed by atoms with Crippen LogP contribution in [0.2, 0.25) is 5.04 Å². The van der Waals surface area contributed by atoms with Gasteiger partial charge in [0.25, 0.3) is 8.32 Å². The molecule has 3 rings (SSSR count). The zero-order valence-electron chi connectivity index (χ0n) is 15.9. The Morgan fingerprint density at radius 1 is 0.889 bits per heavy atom. The van der Waals surface area contributed by atoms with Crippen LogP contribution in [0.4, 0.5) is 0 Å². The lowest BCUT2D eigenvalue weighted by molar-refractivity contribution is -0.121. The number of benzene rings is 2. The van der Waals surface area contributed by atoms with Crippen molar-refractivity contribution in [3.63, 3.8) is 0 Å². The summed E-state index contributed by atoms with van der Waals surface area (Å²) in [6.45, 7) is 6.00. The predicted octanol–water partition coefficient (Wildman–Crippen LogP) is 1.00. The third-order valence-corrected chi connectivity index (χ3v) is 10.2. The van der Waals surface area contributed by atoms with Gasteiger partial charge in [-0.15, -0.1) is 0 Å². The average molecular weight is 389 g/mol. The maximum Gasteiger partial charge on any atom is 0.264 e. The van der Waals surface area contributed by atoms with E-state index in [9.17, 15) is 15.3 Å². The van der Waals surface area contributed by atoms with E-state index < -0.39 is 32.9 Å². The first kappa shape index (κ1) is 20.2. The Labute approximate surface area is 161 Å². The molecule has 3 N–H and O–H groups in total. The molecule has 0 aromatic heterocycles. The van der Waals surface area contributed by atoms with Gasteiger partial charge in [0, 0.05) is 0 Å². The normalized spacial score (nSPS) is 26.3. The molecule has 27 heavy (non-hydrogen) atoms. The zero-order valence-corrected chi connectivity index (χ0v) is 16.9. The topological polar surface area (TPSA) is 79.2 Å². The van der Waals surface area contributed by atoms with Crippen molar-refractivity contribution < 1.29 is 24.5 Å². The molecule has 1 aliphatic rings. The smallest absolute Gasteiger partial charge is 0.264 e. The SMILES string of the molecule is CC(C)(C)[Si](O[C@H]1O[C@H](CO)[C@@H](O)[C@H]1O)(c1ccccc1)c1ccccc1. The molecule has 1 saturated heterocycles. The van der Waals surface area contributed by atoms with Gasteiger partial charge in [-0.2, -0.15) is 0 Å². The second-order valence-electron chi connectivity index (χ2n) is 7.99. The maximum atomic E-state index is 10.5. The van der Waals surface area contributed by atoms with E-state index in [4.69, 9.17) is 9.16 Å². The molecule has 0 bridgehead atoms. The van der Waals surface area contributed by atoms with E-state index in [0.29, 0.717) is 0 Å². The molecular formula is C21H28O5Si. The van der Waals surface area contributed by atoms with Crippen LogP contribution in [0.3, 0.4) is 0 Å². The lowest BCUT2D eigenvalue weighted by Crippen LogP contribution is -2.68. The van der Waals surface area contributed by atoms with E-state index in [1.54, 1.807) is 0 Å². The van der Waals surface area contributed by atoms with Crippen LogP contribution >= 0.6 is 0 Å². The van der Waals surface area contributed by atoms with Gasteiger partial charge in [0.05, 0.1) is 6.61 Å². The predicted molar refractivity (Wildman–Crippen MR) is 106 cm³/mol. The fourth-order valence-electron chi connectivity index (χ4n) is 3.83. The molecule has 2 aromatic rings. The van der Waals surface area contributed by atoms with Crippen LogP contribution in [-0.4, -0.2) is 54.8 Å². The molecule has 0 amide bonds. The lowest BCUT2D eigenvalue weighted by Gasteiger charge is -2.44. The molecule has 5 nitrogen and oxygen atoms in total. The summed E-state index contributed by atoms with van der Waals surface area (Å²) in [5.74, 6) is 0. The van der Waals surface area contributed by atoms with Crippen LogP contribution in [0.15, 0.2) is 60.7 Å². The highest BCUT2D eigenvalue weighted by Gasteiger charge is 2.55. The molecule has 6 heteroatoms. The molecule has 0 radical (unpaired) electrons. The highest BCUT2D eigenvalue weighted by Crippen LogP contribution is 2.39. The summed E-state index contributed by atoms with van der Waals surface area (Å²) in [5, 5.41) is 31.9. The first-order valence-corrected chi connectivity index (χ1v) is 11.1. The quantitative estimate of drug-likeness (QED) is 0.666. The summed E-state index contributed by atoms with van der Waals surface area (Å²) in [5.41, 5.74) is 0. The second kappa shape index (κ2) is 7.83. The van der Waals surface area contributed by atoms with E-state index in [2.05, 4.69) is 20.8 Å². The van der Waals surface area contributed by atoms with Crippen molar-refractivity contribution in [2.24, 2.45) is 0 Å². The van der Waals surface area contributed by atoms with Crippen LogP contribution in [0, 0.1) is 0 Å². The van der Waals surface area contributed by atoms with E-state index in [1.807, 2.05) is 60.7 Å². The number of aliphatic hydroxyl groups excluding tert-OH is 3. The number of ether oxygens (including phenoxy) is 1. The van der Waals surface area contributed by atoms with Crippen LogP contribution in [0.1, 0.15) is 20.8 Å². The average Bonchev–Trinajstić information content (AvgIpc) is 2.94. The zero-order chi connectivity index (χ0) is 19.7. The molecule has 4 atom stereocenters. The summed E-state index contributed by atoms with van der Waals surface area (Å²) >= 11 is 0. The summed E-state index contributed by atoms with van der Waals surface area (Å²) in [4.78, 5) is 0. The summed E-state index contributed by atoms with van der Waals surface area (Å²) in [7, 11) is -2.91. The fourth-order valence-corrected chi connectivity index (χ4v) is 8.39. The molecule has 2 aromatic carbocycles. The van der Waals surface area contributed by atoms with Gasteiger partial charge in [-0.1, -0.05) is 81.4 Å². The van der Waals surface area contributed by atoms with Crippen LogP contribution in [0.5, 0.6) is 0 Å². The van der Waals surface area contributed by atoms with Crippen molar-refractivity contribution in [1.82, 2.24) is 0 Å². The minimum Gasteiger partial charge on any atom is -0.394 e. The number of hydrogen-bond acceptors (Lipinski definition) is 5. The molecule has 1 fully saturated rings. The summed E-state index contributed by atoms with van der Waals surface area (Å²) < 4.78 is 12.3. The van der Waals surface area contributed by atoms with Crippen LogP contribution < -0.4 is 10.4 Å². The monoisotopic (exact) mass is 388 g/mol. The largest absolute Gasteiger partial charge is 0.394 e. The first-order valence-electron chi connectivity index (χ1n) is 9.22. The standard InChI is InChI=1S/C21H28O5Si/c1-21(2,3)27(15-10-6-4-7-11-15,16-12-8-5-9-13-16)26-20-19(24)18(23)17(14-22)25-20/h4-13,17-20,22-24H,14H2,1-3H3/t17-,18-,19-,20-/m1/s1. The summed E-state index contributed by atoms with van der Waals surface area (Å²) in [6, 6.07) is 20.0. The van der Waals surface area contributed by atoms with E-state index in [1.165, 1.54) is 0 Å². The molecule has 0 aliphatic carbocycles. The molecule has 1 heterocycles. The fraction of sp³-hybridized carbons (Fsp3) is 0.429. The highest BCUT2D eigenvalue weighted by molar-refractivity contribution is 6.99. The minimum atomic E-state index is -2.91. The van der Waals surface area contributed by atoms with Gasteiger partial charge in [0.1, 0.15) is 18.3 Å². The van der Waals surface area contributed by atoms with Gasteiger partial charge in [0.2, 0.25) is 0 Å². The first-order chi connectivity index (χ1) is 12.8. The van der Waals surface area contributed by atoms with Gasteiger partial charge in [-0.3, -0.25) is 0 Å². The molecular weight excluding hydrogens is 360 g/mol. The Morgan fingerprint density at radius 2 is 1.37 bits per heavy atom. The van der Waals surface area contributed by atoms with E-state index in [0.717, 1.165) is 10.4 Å². The van der Waals surface area contributed by atoms with Crippen LogP contribution in [0.25, 0.3) is 0 Å². The second-order valence-corrected chi connectivity index (χ2v) is 12.2. The Morgan fingerprint density at radius 3 is 1.74 bits per heavy atom. The van der Waals surface area contributed by atoms with Crippen LogP contribution in [-0.2, 0) is 9.16 Å².